The summed E-state index contributed by atoms with van der Waals surface area (Å²) >= 11 is 0. The molecular weight excluding hydrogens is 476 g/mol. The molecule has 0 saturated heterocycles. The lowest BCUT2D eigenvalue weighted by molar-refractivity contribution is 0.0761. The Hall–Kier alpha value is -4.82. The number of hydrogen-bond donors (Lipinski definition) is 0. The molecule has 3 atom stereocenters. The van der Waals surface area contributed by atoms with E-state index >= 15 is 4.79 Å². The number of carbonyl (C=O) groups excluding carboxylic acids is 2. The fourth-order valence-corrected chi connectivity index (χ4v) is 6.88. The second kappa shape index (κ2) is 9.18. The second-order valence-corrected chi connectivity index (χ2v) is 10.3. The van der Waals surface area contributed by atoms with Gasteiger partial charge in [0.2, 0.25) is 0 Å². The van der Waals surface area contributed by atoms with E-state index in [9.17, 15) is 4.79 Å². The first-order valence-corrected chi connectivity index (χ1v) is 13.4. The Labute approximate surface area is 228 Å². The molecule has 0 radical (unpaired) electrons. The molecule has 2 aliphatic carbocycles. The summed E-state index contributed by atoms with van der Waals surface area (Å²) in [5, 5.41) is 0. The van der Waals surface area contributed by atoms with Crippen molar-refractivity contribution < 1.29 is 9.59 Å². The first-order valence-electron chi connectivity index (χ1n) is 13.4. The van der Waals surface area contributed by atoms with Gasteiger partial charge < -0.3 is 0 Å². The zero-order valence-electron chi connectivity index (χ0n) is 21.3. The Morgan fingerprint density at radius 2 is 1.05 bits per heavy atom. The van der Waals surface area contributed by atoms with Crippen LogP contribution in [0.2, 0.25) is 0 Å². The van der Waals surface area contributed by atoms with Crippen molar-refractivity contribution in [2.75, 3.05) is 0 Å². The molecule has 5 aromatic rings. The third-order valence-corrected chi connectivity index (χ3v) is 8.38. The summed E-state index contributed by atoms with van der Waals surface area (Å²) < 4.78 is 0. The van der Waals surface area contributed by atoms with Crippen LogP contribution in [-0.4, -0.2) is 11.6 Å². The molecule has 0 N–H and O–H groups in total. The van der Waals surface area contributed by atoms with Crippen LogP contribution in [-0.2, 0) is 0 Å². The largest absolute Gasteiger partial charge is 0.293 e. The van der Waals surface area contributed by atoms with E-state index in [0.717, 1.165) is 33.4 Å². The van der Waals surface area contributed by atoms with Crippen molar-refractivity contribution >= 4 is 23.2 Å². The van der Waals surface area contributed by atoms with E-state index in [-0.39, 0.29) is 17.5 Å². The summed E-state index contributed by atoms with van der Waals surface area (Å²) in [7, 11) is 0. The van der Waals surface area contributed by atoms with E-state index in [1.165, 1.54) is 0 Å². The molecular formula is C37H26O2. The highest BCUT2D eigenvalue weighted by Gasteiger charge is 2.66. The molecule has 0 aliphatic heterocycles. The van der Waals surface area contributed by atoms with Gasteiger partial charge in [-0.3, -0.25) is 9.59 Å². The maximum atomic E-state index is 15.1. The molecule has 2 nitrogen and oxygen atoms in total. The molecule has 0 unspecified atom stereocenters. The summed E-state index contributed by atoms with van der Waals surface area (Å²) in [5.74, 6) is -0.986. The van der Waals surface area contributed by atoms with Gasteiger partial charge >= 0.3 is 0 Å². The third kappa shape index (κ3) is 3.42. The Morgan fingerprint density at radius 1 is 0.538 bits per heavy atom. The minimum atomic E-state index is -1.13. The van der Waals surface area contributed by atoms with Crippen molar-refractivity contribution in [2.24, 2.45) is 5.41 Å². The lowest BCUT2D eigenvalue weighted by Crippen LogP contribution is -2.40. The Bertz CT molecular complexity index is 1730. The average Bonchev–Trinajstić information content (AvgIpc) is 3.46. The van der Waals surface area contributed by atoms with E-state index in [0.29, 0.717) is 11.1 Å². The van der Waals surface area contributed by atoms with Crippen molar-refractivity contribution in [2.45, 2.75) is 11.8 Å². The van der Waals surface area contributed by atoms with Crippen LogP contribution in [0.1, 0.15) is 60.4 Å². The topological polar surface area (TPSA) is 34.1 Å². The van der Waals surface area contributed by atoms with E-state index in [2.05, 4.69) is 36.4 Å². The number of rotatable bonds is 5. The Morgan fingerprint density at radius 3 is 1.72 bits per heavy atom. The van der Waals surface area contributed by atoms with Crippen molar-refractivity contribution in [1.82, 2.24) is 0 Å². The molecule has 2 heteroatoms. The van der Waals surface area contributed by atoms with Gasteiger partial charge in [-0.1, -0.05) is 146 Å². The van der Waals surface area contributed by atoms with Gasteiger partial charge in [-0.2, -0.15) is 0 Å². The van der Waals surface area contributed by atoms with Crippen LogP contribution < -0.4 is 0 Å². The monoisotopic (exact) mass is 502 g/mol. The fourth-order valence-electron chi connectivity index (χ4n) is 6.88. The predicted molar refractivity (Wildman–Crippen MR) is 156 cm³/mol. The molecule has 0 bridgehead atoms. The van der Waals surface area contributed by atoms with E-state index in [1.54, 1.807) is 0 Å². The zero-order valence-corrected chi connectivity index (χ0v) is 21.3. The molecule has 0 heterocycles. The highest BCUT2D eigenvalue weighted by molar-refractivity contribution is 6.20. The molecule has 5 aromatic carbocycles. The first-order chi connectivity index (χ1) is 19.2. The van der Waals surface area contributed by atoms with Crippen LogP contribution in [0.25, 0.3) is 11.6 Å². The number of allylic oxidation sites excluding steroid dienone is 1. The quantitative estimate of drug-likeness (QED) is 0.227. The van der Waals surface area contributed by atoms with Gasteiger partial charge in [-0.05, 0) is 33.4 Å². The SMILES string of the molecule is O=C(c1ccccc1)[C@@H]1c2ccccc2[C@@H]2c3ccccc3/C(=C\c3ccccc3)[C@@]21C(=O)c1ccccc1. The first kappa shape index (κ1) is 23.3. The van der Waals surface area contributed by atoms with Crippen LogP contribution >= 0.6 is 0 Å². The highest BCUT2D eigenvalue weighted by Crippen LogP contribution is 2.70. The number of fused-ring (bicyclic) bond motifs is 5. The number of carbonyl (C=O) groups is 2. The lowest BCUT2D eigenvalue weighted by atomic mass is 9.61. The third-order valence-electron chi connectivity index (χ3n) is 8.38. The van der Waals surface area contributed by atoms with Crippen molar-refractivity contribution in [3.8, 4) is 0 Å². The van der Waals surface area contributed by atoms with Crippen molar-refractivity contribution in [1.29, 1.82) is 0 Å². The minimum absolute atomic E-state index is 0.0167. The molecule has 0 spiro atoms. The molecule has 39 heavy (non-hydrogen) atoms. The van der Waals surface area contributed by atoms with Crippen LogP contribution in [0.3, 0.4) is 0 Å². The van der Waals surface area contributed by atoms with Crippen LogP contribution in [0.4, 0.5) is 0 Å². The molecule has 2 aliphatic rings. The Kier molecular flexibility index (Phi) is 5.49. The maximum Gasteiger partial charge on any atom is 0.175 e. The van der Waals surface area contributed by atoms with Crippen LogP contribution in [0.5, 0.6) is 0 Å². The molecule has 7 rings (SSSR count). The van der Waals surface area contributed by atoms with Crippen LogP contribution in [0, 0.1) is 5.41 Å². The summed E-state index contributed by atoms with van der Waals surface area (Å²) in [6, 6.07) is 45.5. The zero-order chi connectivity index (χ0) is 26.4. The summed E-state index contributed by atoms with van der Waals surface area (Å²) in [6.07, 6.45) is 2.14. The van der Waals surface area contributed by atoms with Gasteiger partial charge in [0.05, 0.1) is 11.3 Å². The standard InChI is InChI=1S/C37H26O2/c38-35(26-16-6-2-7-17-26)34-31-23-13-12-22-30(31)33-29-21-11-10-20-28(29)32(24-25-14-4-1-5-15-25)37(33,34)36(39)27-18-8-3-9-19-27/h1-24,33-34H/b32-24+/t33-,34-,37+/m0/s1. The number of ketones is 2. The molecule has 0 amide bonds. The van der Waals surface area contributed by atoms with E-state index in [4.69, 9.17) is 0 Å². The Balaban J connectivity index is 1.61. The number of hydrogen-bond acceptors (Lipinski definition) is 2. The van der Waals surface area contributed by atoms with Gasteiger partial charge in [-0.15, -0.1) is 0 Å². The number of Topliss-reactive ketones (excluding diaryl/α,β-unsaturated/α-hetero) is 2. The number of benzene rings is 5. The maximum absolute atomic E-state index is 15.1. The molecule has 0 saturated carbocycles. The van der Waals surface area contributed by atoms with E-state index in [1.807, 2.05) is 109 Å². The lowest BCUT2D eigenvalue weighted by Gasteiger charge is -2.36. The van der Waals surface area contributed by atoms with Gasteiger partial charge in [0.15, 0.2) is 11.6 Å². The smallest absolute Gasteiger partial charge is 0.175 e. The van der Waals surface area contributed by atoms with Crippen molar-refractivity contribution in [3.05, 3.63) is 178 Å². The molecule has 186 valence electrons. The van der Waals surface area contributed by atoms with Crippen molar-refractivity contribution in [3.63, 3.8) is 0 Å². The van der Waals surface area contributed by atoms with Gasteiger partial charge in [-0.25, -0.2) is 0 Å². The average molecular weight is 503 g/mol. The van der Waals surface area contributed by atoms with Gasteiger partial charge in [0.25, 0.3) is 0 Å². The second-order valence-electron chi connectivity index (χ2n) is 10.3. The van der Waals surface area contributed by atoms with Gasteiger partial charge in [0.1, 0.15) is 0 Å². The van der Waals surface area contributed by atoms with Crippen LogP contribution in [0.15, 0.2) is 140 Å². The fraction of sp³-hybridized carbons (Fsp3) is 0.0811. The van der Waals surface area contributed by atoms with E-state index < -0.39 is 11.3 Å². The summed E-state index contributed by atoms with van der Waals surface area (Å²) in [4.78, 5) is 29.8. The van der Waals surface area contributed by atoms with Gasteiger partial charge in [0, 0.05) is 17.0 Å². The molecule has 0 fully saturated rings. The molecule has 0 aromatic heterocycles. The predicted octanol–water partition coefficient (Wildman–Crippen LogP) is 8.22. The normalized spacial score (nSPS) is 21.7. The minimum Gasteiger partial charge on any atom is -0.293 e. The highest BCUT2D eigenvalue weighted by atomic mass is 16.1. The summed E-state index contributed by atoms with van der Waals surface area (Å²) in [6.45, 7) is 0. The summed E-state index contributed by atoms with van der Waals surface area (Å²) in [5.41, 5.74) is 6.15.